The van der Waals surface area contributed by atoms with E-state index >= 15 is 0 Å². The van der Waals surface area contributed by atoms with Crippen LogP contribution in [0.25, 0.3) is 0 Å². The van der Waals surface area contributed by atoms with Gasteiger partial charge in [-0.3, -0.25) is 14.9 Å². The molecule has 22 heavy (non-hydrogen) atoms. The first kappa shape index (κ1) is 18.9. The van der Waals surface area contributed by atoms with E-state index < -0.39 is 4.92 Å². The molecule has 1 aliphatic rings. The van der Waals surface area contributed by atoms with Gasteiger partial charge in [-0.2, -0.15) is 0 Å². The largest absolute Gasteiger partial charge is 0.335 e. The second-order valence-corrected chi connectivity index (χ2v) is 6.55. The zero-order chi connectivity index (χ0) is 15.4. The third kappa shape index (κ3) is 4.18. The molecule has 1 fully saturated rings. The SMILES string of the molecule is CCCN(C(=O)c1cc([N+](=O)[O-])c(C)s1)C1CCNCC1.Cl. The van der Waals surface area contributed by atoms with Crippen LogP contribution in [-0.4, -0.2) is 41.4 Å². The third-order valence-electron chi connectivity index (χ3n) is 3.77. The van der Waals surface area contributed by atoms with Crippen molar-refractivity contribution >= 4 is 35.3 Å². The van der Waals surface area contributed by atoms with Gasteiger partial charge in [0.15, 0.2) is 0 Å². The first-order valence-corrected chi connectivity index (χ1v) is 8.12. The lowest BCUT2D eigenvalue weighted by Crippen LogP contribution is -2.46. The van der Waals surface area contributed by atoms with Crippen LogP contribution in [0.3, 0.4) is 0 Å². The molecule has 1 aromatic heterocycles. The molecular formula is C14H22ClN3O3S. The Labute approximate surface area is 140 Å². The number of nitrogens with one attached hydrogen (secondary N) is 1. The highest BCUT2D eigenvalue weighted by Crippen LogP contribution is 2.30. The molecule has 1 saturated heterocycles. The van der Waals surface area contributed by atoms with Crippen LogP contribution < -0.4 is 5.32 Å². The minimum Gasteiger partial charge on any atom is -0.335 e. The number of nitro groups is 1. The number of halogens is 1. The van der Waals surface area contributed by atoms with Gasteiger partial charge in [-0.05, 0) is 39.3 Å². The molecule has 1 aliphatic heterocycles. The number of nitrogens with zero attached hydrogens (tertiary/aromatic N) is 2. The summed E-state index contributed by atoms with van der Waals surface area (Å²) in [5.41, 5.74) is 0.0464. The van der Waals surface area contributed by atoms with Gasteiger partial charge in [0.25, 0.3) is 11.6 Å². The second-order valence-electron chi connectivity index (χ2n) is 5.29. The lowest BCUT2D eigenvalue weighted by Gasteiger charge is -2.34. The Bertz CT molecular complexity index is 529. The van der Waals surface area contributed by atoms with Gasteiger partial charge in [0, 0.05) is 18.7 Å². The van der Waals surface area contributed by atoms with E-state index in [9.17, 15) is 14.9 Å². The fraction of sp³-hybridized carbons (Fsp3) is 0.643. The van der Waals surface area contributed by atoms with Crippen molar-refractivity contribution in [3.05, 3.63) is 25.9 Å². The van der Waals surface area contributed by atoms with Crippen LogP contribution in [0.4, 0.5) is 5.69 Å². The average Bonchev–Trinajstić information content (AvgIpc) is 2.87. The van der Waals surface area contributed by atoms with E-state index in [1.807, 2.05) is 11.8 Å². The lowest BCUT2D eigenvalue weighted by molar-refractivity contribution is -0.385. The number of carbonyl (C=O) groups excluding carboxylic acids is 1. The normalized spacial score (nSPS) is 15.2. The quantitative estimate of drug-likeness (QED) is 0.656. The Balaban J connectivity index is 0.00000242. The third-order valence-corrected chi connectivity index (χ3v) is 4.80. The van der Waals surface area contributed by atoms with Gasteiger partial charge in [-0.15, -0.1) is 23.7 Å². The van der Waals surface area contributed by atoms with E-state index in [1.54, 1.807) is 6.92 Å². The fourth-order valence-electron chi connectivity index (χ4n) is 2.71. The molecule has 124 valence electrons. The van der Waals surface area contributed by atoms with Crippen molar-refractivity contribution in [3.8, 4) is 0 Å². The highest BCUT2D eigenvalue weighted by atomic mass is 35.5. The van der Waals surface area contributed by atoms with E-state index in [0.29, 0.717) is 16.3 Å². The Morgan fingerprint density at radius 3 is 2.64 bits per heavy atom. The number of piperidine rings is 1. The van der Waals surface area contributed by atoms with E-state index in [-0.39, 0.29) is 30.0 Å². The summed E-state index contributed by atoms with van der Waals surface area (Å²) in [5.74, 6) is -0.0649. The minimum absolute atomic E-state index is 0. The first-order valence-electron chi connectivity index (χ1n) is 7.31. The number of hydrogen-bond acceptors (Lipinski definition) is 5. The predicted molar refractivity (Wildman–Crippen MR) is 90.2 cm³/mol. The summed E-state index contributed by atoms with van der Waals surface area (Å²) in [6.07, 6.45) is 2.78. The van der Waals surface area contributed by atoms with Crippen molar-refractivity contribution in [2.45, 2.75) is 39.2 Å². The van der Waals surface area contributed by atoms with Gasteiger partial charge in [0.2, 0.25) is 0 Å². The standard InChI is InChI=1S/C14H21N3O3S.ClH/c1-3-8-16(11-4-6-15-7-5-11)14(18)13-9-12(17(19)20)10(2)21-13;/h9,11,15H,3-8H2,1-2H3;1H. The number of amides is 1. The monoisotopic (exact) mass is 347 g/mol. The van der Waals surface area contributed by atoms with Crippen molar-refractivity contribution in [2.24, 2.45) is 0 Å². The summed E-state index contributed by atoms with van der Waals surface area (Å²) in [5, 5.41) is 14.2. The summed E-state index contributed by atoms with van der Waals surface area (Å²) < 4.78 is 0. The van der Waals surface area contributed by atoms with Crippen molar-refractivity contribution in [2.75, 3.05) is 19.6 Å². The summed E-state index contributed by atoms with van der Waals surface area (Å²) in [6, 6.07) is 1.66. The average molecular weight is 348 g/mol. The molecule has 0 spiro atoms. The van der Waals surface area contributed by atoms with Crippen LogP contribution in [-0.2, 0) is 0 Å². The molecule has 2 rings (SSSR count). The predicted octanol–water partition coefficient (Wildman–Crippen LogP) is 2.99. The number of aryl methyl sites for hydroxylation is 1. The van der Waals surface area contributed by atoms with Gasteiger partial charge in [-0.25, -0.2) is 0 Å². The second kappa shape index (κ2) is 8.45. The van der Waals surface area contributed by atoms with E-state index in [1.165, 1.54) is 17.4 Å². The molecule has 1 N–H and O–H groups in total. The van der Waals surface area contributed by atoms with Gasteiger partial charge >= 0.3 is 0 Å². The molecule has 1 aromatic rings. The molecule has 0 radical (unpaired) electrons. The number of carbonyl (C=O) groups is 1. The maximum Gasteiger partial charge on any atom is 0.283 e. The Morgan fingerprint density at radius 2 is 2.14 bits per heavy atom. The van der Waals surface area contributed by atoms with Crippen molar-refractivity contribution in [1.29, 1.82) is 0 Å². The maximum absolute atomic E-state index is 12.7. The highest BCUT2D eigenvalue weighted by Gasteiger charge is 2.28. The smallest absolute Gasteiger partial charge is 0.283 e. The first-order chi connectivity index (χ1) is 10.0. The van der Waals surface area contributed by atoms with Gasteiger partial charge in [-0.1, -0.05) is 6.92 Å². The number of rotatable bonds is 5. The molecule has 1 amide bonds. The molecule has 0 bridgehead atoms. The van der Waals surface area contributed by atoms with Crippen LogP contribution >= 0.6 is 23.7 Å². The minimum atomic E-state index is -0.419. The van der Waals surface area contributed by atoms with Crippen LogP contribution in [0.5, 0.6) is 0 Å². The molecule has 0 aliphatic carbocycles. The van der Waals surface area contributed by atoms with Crippen LogP contribution in [0.15, 0.2) is 6.07 Å². The van der Waals surface area contributed by atoms with E-state index in [4.69, 9.17) is 0 Å². The molecule has 0 unspecified atom stereocenters. The van der Waals surface area contributed by atoms with Crippen LogP contribution in [0, 0.1) is 17.0 Å². The van der Waals surface area contributed by atoms with Crippen LogP contribution in [0.1, 0.15) is 40.7 Å². The Hall–Kier alpha value is -1.18. The van der Waals surface area contributed by atoms with Crippen LogP contribution in [0.2, 0.25) is 0 Å². The van der Waals surface area contributed by atoms with Crippen molar-refractivity contribution < 1.29 is 9.72 Å². The summed E-state index contributed by atoms with van der Waals surface area (Å²) >= 11 is 1.22. The van der Waals surface area contributed by atoms with Crippen molar-refractivity contribution in [1.82, 2.24) is 10.2 Å². The lowest BCUT2D eigenvalue weighted by atomic mass is 10.0. The molecule has 8 heteroatoms. The Kier molecular flexibility index (Phi) is 7.25. The Morgan fingerprint density at radius 1 is 1.50 bits per heavy atom. The zero-order valence-corrected chi connectivity index (χ0v) is 14.5. The molecule has 2 heterocycles. The molecule has 0 saturated carbocycles. The topological polar surface area (TPSA) is 75.5 Å². The highest BCUT2D eigenvalue weighted by molar-refractivity contribution is 7.14. The molecule has 0 aromatic carbocycles. The van der Waals surface area contributed by atoms with Gasteiger partial charge < -0.3 is 10.2 Å². The summed E-state index contributed by atoms with van der Waals surface area (Å²) in [4.78, 5) is 26.2. The van der Waals surface area contributed by atoms with E-state index in [2.05, 4.69) is 5.32 Å². The van der Waals surface area contributed by atoms with Gasteiger partial charge in [0.1, 0.15) is 0 Å². The molecular weight excluding hydrogens is 326 g/mol. The van der Waals surface area contributed by atoms with E-state index in [0.717, 1.165) is 32.4 Å². The maximum atomic E-state index is 12.7. The molecule has 6 nitrogen and oxygen atoms in total. The molecule has 0 atom stereocenters. The zero-order valence-electron chi connectivity index (χ0n) is 12.8. The summed E-state index contributed by atoms with van der Waals surface area (Å²) in [6.45, 7) is 6.27. The number of thiophene rings is 1. The number of hydrogen-bond donors (Lipinski definition) is 1. The van der Waals surface area contributed by atoms with Crippen molar-refractivity contribution in [3.63, 3.8) is 0 Å². The summed E-state index contributed by atoms with van der Waals surface area (Å²) in [7, 11) is 0. The fourth-order valence-corrected chi connectivity index (χ4v) is 3.65. The van der Waals surface area contributed by atoms with Gasteiger partial charge in [0.05, 0.1) is 14.7 Å².